The number of aryl methyl sites for hydroxylation is 2. The van der Waals surface area contributed by atoms with Gasteiger partial charge in [0.25, 0.3) is 0 Å². The zero-order valence-electron chi connectivity index (χ0n) is 16.6. The van der Waals surface area contributed by atoms with Gasteiger partial charge in [0, 0.05) is 24.4 Å². The molecule has 2 aromatic heterocycles. The molecule has 0 saturated carbocycles. The molecule has 0 aliphatic carbocycles. The van der Waals surface area contributed by atoms with Gasteiger partial charge in [0.1, 0.15) is 18.2 Å². The van der Waals surface area contributed by atoms with Crippen molar-refractivity contribution in [3.05, 3.63) is 30.1 Å². The molecule has 0 atom stereocenters. The van der Waals surface area contributed by atoms with E-state index in [2.05, 4.69) is 4.90 Å². The summed E-state index contributed by atoms with van der Waals surface area (Å²) in [6.45, 7) is 4.59. The van der Waals surface area contributed by atoms with E-state index in [1.165, 1.54) is 11.8 Å². The first kappa shape index (κ1) is 19.9. The monoisotopic (exact) mass is 417 g/mol. The van der Waals surface area contributed by atoms with Crippen LogP contribution in [0.2, 0.25) is 0 Å². The van der Waals surface area contributed by atoms with Gasteiger partial charge in [-0.1, -0.05) is 6.92 Å². The molecular weight excluding hydrogens is 393 g/mol. The molecule has 29 heavy (non-hydrogen) atoms. The molecule has 9 heteroatoms. The Bertz CT molecular complexity index is 973. The minimum absolute atomic E-state index is 0.242. The average Bonchev–Trinajstić information content (AvgIpc) is 3.12. The van der Waals surface area contributed by atoms with Crippen LogP contribution in [0.25, 0.3) is 11.2 Å². The van der Waals surface area contributed by atoms with Crippen LogP contribution >= 0.6 is 11.8 Å². The third-order valence-electron chi connectivity index (χ3n) is 4.84. The zero-order valence-corrected chi connectivity index (χ0v) is 17.4. The standard InChI is InChI=1S/C20H24FN5O2S/c1-3-16-22-17-18(25-10-12-28-13-11-25)23-20(24-19(17)26(16)9-8-21)29-15-6-4-14(27-2)5-7-15/h4-7H,3,8-13H2,1-2H3. The van der Waals surface area contributed by atoms with Crippen LogP contribution in [0.15, 0.2) is 34.3 Å². The van der Waals surface area contributed by atoms with E-state index in [0.29, 0.717) is 30.4 Å². The number of ether oxygens (including phenoxy) is 2. The van der Waals surface area contributed by atoms with Crippen molar-refractivity contribution in [1.29, 1.82) is 0 Å². The molecule has 1 saturated heterocycles. The molecule has 1 fully saturated rings. The van der Waals surface area contributed by atoms with Crippen LogP contribution < -0.4 is 9.64 Å². The third-order valence-corrected chi connectivity index (χ3v) is 5.71. The Morgan fingerprint density at radius 1 is 1.14 bits per heavy atom. The first-order valence-electron chi connectivity index (χ1n) is 9.71. The lowest BCUT2D eigenvalue weighted by Gasteiger charge is -2.28. The quantitative estimate of drug-likeness (QED) is 0.546. The minimum Gasteiger partial charge on any atom is -0.497 e. The molecule has 0 unspecified atom stereocenters. The van der Waals surface area contributed by atoms with Crippen LogP contribution in [0.1, 0.15) is 12.7 Å². The maximum atomic E-state index is 13.2. The van der Waals surface area contributed by atoms with E-state index in [9.17, 15) is 4.39 Å². The van der Waals surface area contributed by atoms with Gasteiger partial charge in [-0.05, 0) is 36.0 Å². The largest absolute Gasteiger partial charge is 0.497 e. The number of hydrogen-bond donors (Lipinski definition) is 0. The van der Waals surface area contributed by atoms with Gasteiger partial charge in [0.15, 0.2) is 22.1 Å². The predicted octanol–water partition coefficient (Wildman–Crippen LogP) is 3.35. The molecule has 1 aromatic carbocycles. The fourth-order valence-electron chi connectivity index (χ4n) is 3.39. The summed E-state index contributed by atoms with van der Waals surface area (Å²) in [4.78, 5) is 17.5. The summed E-state index contributed by atoms with van der Waals surface area (Å²) in [5.74, 6) is 2.42. The van der Waals surface area contributed by atoms with E-state index >= 15 is 0 Å². The van der Waals surface area contributed by atoms with Crippen molar-refractivity contribution in [2.24, 2.45) is 0 Å². The number of rotatable bonds is 7. The Labute approximate surface area is 173 Å². The highest BCUT2D eigenvalue weighted by Gasteiger charge is 2.22. The van der Waals surface area contributed by atoms with Crippen LogP contribution in [-0.2, 0) is 17.7 Å². The number of aromatic nitrogens is 4. The molecule has 0 spiro atoms. The fraction of sp³-hybridized carbons (Fsp3) is 0.450. The zero-order chi connectivity index (χ0) is 20.2. The van der Waals surface area contributed by atoms with Crippen LogP contribution in [0, 0.1) is 0 Å². The lowest BCUT2D eigenvalue weighted by atomic mass is 10.3. The maximum absolute atomic E-state index is 13.2. The number of imidazole rings is 1. The van der Waals surface area contributed by atoms with Crippen molar-refractivity contribution in [1.82, 2.24) is 19.5 Å². The summed E-state index contributed by atoms with van der Waals surface area (Å²) in [7, 11) is 1.64. The number of benzene rings is 1. The summed E-state index contributed by atoms with van der Waals surface area (Å²) in [6.07, 6.45) is 0.708. The van der Waals surface area contributed by atoms with Crippen molar-refractivity contribution in [2.75, 3.05) is 45.0 Å². The summed E-state index contributed by atoms with van der Waals surface area (Å²) >= 11 is 1.47. The number of hydrogen-bond acceptors (Lipinski definition) is 7. The molecule has 3 aromatic rings. The Kier molecular flexibility index (Phi) is 6.15. The number of alkyl halides is 1. The summed E-state index contributed by atoms with van der Waals surface area (Å²) in [6, 6.07) is 7.77. The molecule has 3 heterocycles. The van der Waals surface area contributed by atoms with E-state index in [-0.39, 0.29) is 6.54 Å². The average molecular weight is 418 g/mol. The molecule has 0 N–H and O–H groups in total. The maximum Gasteiger partial charge on any atom is 0.196 e. The first-order chi connectivity index (χ1) is 14.2. The number of halogens is 1. The van der Waals surface area contributed by atoms with Gasteiger partial charge in [-0.25, -0.2) is 19.3 Å². The van der Waals surface area contributed by atoms with Crippen LogP contribution in [-0.4, -0.2) is 59.6 Å². The van der Waals surface area contributed by atoms with Gasteiger partial charge >= 0.3 is 0 Å². The highest BCUT2D eigenvalue weighted by atomic mass is 32.2. The number of nitrogens with zero attached hydrogens (tertiary/aromatic N) is 5. The lowest BCUT2D eigenvalue weighted by Crippen LogP contribution is -2.37. The van der Waals surface area contributed by atoms with Crippen LogP contribution in [0.5, 0.6) is 5.75 Å². The second-order valence-corrected chi connectivity index (χ2v) is 7.64. The van der Waals surface area contributed by atoms with E-state index in [1.807, 2.05) is 35.8 Å². The smallest absolute Gasteiger partial charge is 0.196 e. The molecule has 7 nitrogen and oxygen atoms in total. The Balaban J connectivity index is 1.79. The first-order valence-corrected chi connectivity index (χ1v) is 10.5. The Hall–Kier alpha value is -2.39. The number of fused-ring (bicyclic) bond motifs is 1. The second-order valence-electron chi connectivity index (χ2n) is 6.60. The van der Waals surface area contributed by atoms with Crippen molar-refractivity contribution in [3.8, 4) is 5.75 Å². The van der Waals surface area contributed by atoms with Crippen LogP contribution in [0.3, 0.4) is 0 Å². The van der Waals surface area contributed by atoms with Crippen molar-refractivity contribution < 1.29 is 13.9 Å². The van der Waals surface area contributed by atoms with E-state index in [4.69, 9.17) is 24.4 Å². The summed E-state index contributed by atoms with van der Waals surface area (Å²) in [5, 5.41) is 0.617. The predicted molar refractivity (Wildman–Crippen MR) is 111 cm³/mol. The minimum atomic E-state index is -0.462. The van der Waals surface area contributed by atoms with E-state index in [1.54, 1.807) is 7.11 Å². The van der Waals surface area contributed by atoms with Gasteiger partial charge in [0.2, 0.25) is 0 Å². The van der Waals surface area contributed by atoms with Crippen molar-refractivity contribution in [3.63, 3.8) is 0 Å². The molecule has 0 radical (unpaired) electrons. The highest BCUT2D eigenvalue weighted by molar-refractivity contribution is 7.99. The highest BCUT2D eigenvalue weighted by Crippen LogP contribution is 2.32. The SMILES string of the molecule is CCc1nc2c(N3CCOCC3)nc(Sc3ccc(OC)cc3)nc2n1CCF. The number of methoxy groups -OCH3 is 1. The topological polar surface area (TPSA) is 65.3 Å². The molecular formula is C20H24FN5O2S. The molecule has 4 rings (SSSR count). The van der Waals surface area contributed by atoms with Crippen LogP contribution in [0.4, 0.5) is 10.2 Å². The van der Waals surface area contributed by atoms with Gasteiger partial charge in [-0.3, -0.25) is 0 Å². The van der Waals surface area contributed by atoms with Crippen molar-refractivity contribution in [2.45, 2.75) is 29.9 Å². The summed E-state index contributed by atoms with van der Waals surface area (Å²) in [5.41, 5.74) is 1.42. The van der Waals surface area contributed by atoms with E-state index < -0.39 is 6.67 Å². The molecule has 1 aliphatic rings. The number of morpholine rings is 1. The summed E-state index contributed by atoms with van der Waals surface area (Å²) < 4.78 is 25.8. The third kappa shape index (κ3) is 4.16. The van der Waals surface area contributed by atoms with Crippen molar-refractivity contribution >= 4 is 28.7 Å². The van der Waals surface area contributed by atoms with Gasteiger partial charge < -0.3 is 18.9 Å². The Morgan fingerprint density at radius 2 is 1.90 bits per heavy atom. The van der Waals surface area contributed by atoms with E-state index in [0.717, 1.165) is 40.9 Å². The lowest BCUT2D eigenvalue weighted by molar-refractivity contribution is 0.122. The van der Waals surface area contributed by atoms with Gasteiger partial charge in [0.05, 0.1) is 26.9 Å². The normalized spacial score (nSPS) is 14.5. The molecule has 154 valence electrons. The fourth-order valence-corrected chi connectivity index (χ4v) is 4.14. The van der Waals surface area contributed by atoms with Gasteiger partial charge in [-0.2, -0.15) is 0 Å². The van der Waals surface area contributed by atoms with Gasteiger partial charge in [-0.15, -0.1) is 0 Å². The second kappa shape index (κ2) is 8.96. The molecule has 0 bridgehead atoms. The Morgan fingerprint density at radius 3 is 2.55 bits per heavy atom. The molecule has 0 amide bonds. The molecule has 1 aliphatic heterocycles. The number of anilines is 1.